The van der Waals surface area contributed by atoms with Crippen LogP contribution < -0.4 is 5.73 Å². The monoisotopic (exact) mass is 337 g/mol. The number of hydrogen-bond acceptors (Lipinski definition) is 5. The lowest BCUT2D eigenvalue weighted by molar-refractivity contribution is -0.229. The maximum Gasteiger partial charge on any atom is 0.243 e. The van der Waals surface area contributed by atoms with E-state index in [1.807, 2.05) is 4.90 Å². The molecule has 0 radical (unpaired) electrons. The van der Waals surface area contributed by atoms with Crippen molar-refractivity contribution in [2.75, 3.05) is 46.0 Å². The molecular weight excluding hydrogens is 306 g/mol. The molecule has 1 amide bonds. The molecule has 24 heavy (non-hydrogen) atoms. The summed E-state index contributed by atoms with van der Waals surface area (Å²) in [4.78, 5) is 17.8. The Bertz CT molecular complexity index is 506. The van der Waals surface area contributed by atoms with E-state index in [9.17, 15) is 4.79 Å². The molecule has 6 heteroatoms. The second-order valence-corrected chi connectivity index (χ2v) is 8.47. The zero-order chi connectivity index (χ0) is 16.9. The Morgan fingerprint density at radius 2 is 1.88 bits per heavy atom. The van der Waals surface area contributed by atoms with Crippen LogP contribution in [0.4, 0.5) is 0 Å². The van der Waals surface area contributed by atoms with E-state index in [0.29, 0.717) is 6.04 Å². The minimum Gasteiger partial charge on any atom is -0.379 e. The highest BCUT2D eigenvalue weighted by Gasteiger charge is 2.71. The topological polar surface area (TPSA) is 68.0 Å². The summed E-state index contributed by atoms with van der Waals surface area (Å²) in [5.74, 6) is 0.325. The van der Waals surface area contributed by atoms with Crippen LogP contribution in [-0.4, -0.2) is 79.4 Å². The highest BCUT2D eigenvalue weighted by molar-refractivity contribution is 5.89. The number of morpholine rings is 1. The van der Waals surface area contributed by atoms with Crippen molar-refractivity contribution in [3.05, 3.63) is 0 Å². The summed E-state index contributed by atoms with van der Waals surface area (Å²) < 4.78 is 11.4. The Morgan fingerprint density at radius 1 is 1.12 bits per heavy atom. The Labute approximate surface area is 144 Å². The van der Waals surface area contributed by atoms with Crippen LogP contribution in [-0.2, 0) is 14.3 Å². The molecule has 0 bridgehead atoms. The largest absolute Gasteiger partial charge is 0.379 e. The van der Waals surface area contributed by atoms with Gasteiger partial charge in [0.1, 0.15) is 5.54 Å². The first kappa shape index (κ1) is 16.8. The SMILES string of the molecule is CC1(C)C2OCCCC2C1(N)C(=O)N1CCC(N2CCOCC2)C1. The van der Waals surface area contributed by atoms with Crippen LogP contribution in [0.25, 0.3) is 0 Å². The molecule has 6 nitrogen and oxygen atoms in total. The number of nitrogens with two attached hydrogens (primary N) is 1. The number of nitrogens with zero attached hydrogens (tertiary/aromatic N) is 2. The minimum atomic E-state index is -0.766. The first-order chi connectivity index (χ1) is 11.5. The predicted octanol–water partition coefficient (Wildman–Crippen LogP) is 0.452. The van der Waals surface area contributed by atoms with E-state index in [1.165, 1.54) is 0 Å². The van der Waals surface area contributed by atoms with Crippen molar-refractivity contribution in [3.8, 4) is 0 Å². The van der Waals surface area contributed by atoms with Gasteiger partial charge in [0.2, 0.25) is 5.91 Å². The maximum absolute atomic E-state index is 13.4. The van der Waals surface area contributed by atoms with Crippen LogP contribution in [0.5, 0.6) is 0 Å². The molecule has 4 aliphatic rings. The Morgan fingerprint density at radius 3 is 2.62 bits per heavy atom. The van der Waals surface area contributed by atoms with Crippen LogP contribution >= 0.6 is 0 Å². The van der Waals surface area contributed by atoms with Gasteiger partial charge in [-0.15, -0.1) is 0 Å². The van der Waals surface area contributed by atoms with Gasteiger partial charge in [-0.05, 0) is 19.3 Å². The fraction of sp³-hybridized carbons (Fsp3) is 0.944. The van der Waals surface area contributed by atoms with Gasteiger partial charge >= 0.3 is 0 Å². The van der Waals surface area contributed by atoms with Crippen LogP contribution in [0, 0.1) is 11.3 Å². The normalized spacial score (nSPS) is 42.5. The number of rotatable bonds is 2. The number of hydrogen-bond donors (Lipinski definition) is 1. The smallest absolute Gasteiger partial charge is 0.243 e. The van der Waals surface area contributed by atoms with Gasteiger partial charge in [-0.3, -0.25) is 9.69 Å². The Kier molecular flexibility index (Phi) is 4.15. The molecule has 4 unspecified atom stereocenters. The van der Waals surface area contributed by atoms with Gasteiger partial charge in [0.25, 0.3) is 0 Å². The Hall–Kier alpha value is -0.690. The quantitative estimate of drug-likeness (QED) is 0.792. The van der Waals surface area contributed by atoms with Crippen LogP contribution in [0.1, 0.15) is 33.1 Å². The molecular formula is C18H31N3O3. The van der Waals surface area contributed by atoms with Gasteiger partial charge in [0.15, 0.2) is 0 Å². The van der Waals surface area contributed by atoms with Crippen molar-refractivity contribution in [1.82, 2.24) is 9.80 Å². The number of fused-ring (bicyclic) bond motifs is 1. The van der Waals surface area contributed by atoms with Crippen molar-refractivity contribution in [2.45, 2.75) is 50.8 Å². The summed E-state index contributed by atoms with van der Waals surface area (Å²) in [5, 5.41) is 0. The first-order valence-corrected chi connectivity index (χ1v) is 9.48. The summed E-state index contributed by atoms with van der Waals surface area (Å²) >= 11 is 0. The number of likely N-dealkylation sites (tertiary alicyclic amines) is 1. The summed E-state index contributed by atoms with van der Waals surface area (Å²) in [7, 11) is 0. The number of carbonyl (C=O) groups excluding carboxylic acids is 1. The molecule has 3 saturated heterocycles. The Balaban J connectivity index is 1.45. The average Bonchev–Trinajstić information content (AvgIpc) is 3.11. The molecule has 2 N–H and O–H groups in total. The summed E-state index contributed by atoms with van der Waals surface area (Å²) in [6.07, 6.45) is 3.21. The molecule has 0 aromatic heterocycles. The average molecular weight is 337 g/mol. The molecule has 0 aromatic rings. The second kappa shape index (κ2) is 5.94. The molecule has 3 heterocycles. The summed E-state index contributed by atoms with van der Waals surface area (Å²) in [6.45, 7) is 10.2. The molecule has 136 valence electrons. The molecule has 4 fully saturated rings. The highest BCUT2D eigenvalue weighted by atomic mass is 16.5. The van der Waals surface area contributed by atoms with Crippen molar-refractivity contribution >= 4 is 5.91 Å². The predicted molar refractivity (Wildman–Crippen MR) is 90.5 cm³/mol. The molecule has 0 spiro atoms. The van der Waals surface area contributed by atoms with Gasteiger partial charge in [-0.1, -0.05) is 13.8 Å². The van der Waals surface area contributed by atoms with Gasteiger partial charge in [-0.25, -0.2) is 0 Å². The van der Waals surface area contributed by atoms with E-state index >= 15 is 0 Å². The lowest BCUT2D eigenvalue weighted by atomic mass is 9.46. The third-order valence-corrected chi connectivity index (χ3v) is 7.05. The summed E-state index contributed by atoms with van der Waals surface area (Å²) in [5.41, 5.74) is 5.73. The first-order valence-electron chi connectivity index (χ1n) is 9.48. The van der Waals surface area contributed by atoms with Crippen molar-refractivity contribution < 1.29 is 14.3 Å². The zero-order valence-electron chi connectivity index (χ0n) is 15.0. The van der Waals surface area contributed by atoms with Crippen LogP contribution in [0.2, 0.25) is 0 Å². The third-order valence-electron chi connectivity index (χ3n) is 7.05. The van der Waals surface area contributed by atoms with E-state index in [1.54, 1.807) is 0 Å². The van der Waals surface area contributed by atoms with Crippen LogP contribution in [0.3, 0.4) is 0 Å². The number of ether oxygens (including phenoxy) is 2. The molecule has 3 aliphatic heterocycles. The van der Waals surface area contributed by atoms with Crippen molar-refractivity contribution in [2.24, 2.45) is 17.1 Å². The lowest BCUT2D eigenvalue weighted by Gasteiger charge is -2.65. The van der Waals surface area contributed by atoms with Crippen LogP contribution in [0.15, 0.2) is 0 Å². The van der Waals surface area contributed by atoms with E-state index < -0.39 is 5.54 Å². The summed E-state index contributed by atoms with van der Waals surface area (Å²) in [6, 6.07) is 0.461. The van der Waals surface area contributed by atoms with E-state index in [4.69, 9.17) is 15.2 Å². The standard InChI is InChI=1S/C18H31N3O3/c1-17(2)15-14(4-3-9-24-15)18(17,19)16(22)21-6-5-13(12-21)20-7-10-23-11-8-20/h13-15H,3-12,19H2,1-2H3. The van der Waals surface area contributed by atoms with Crippen molar-refractivity contribution in [3.63, 3.8) is 0 Å². The second-order valence-electron chi connectivity index (χ2n) is 8.47. The number of amides is 1. The third kappa shape index (κ3) is 2.26. The number of carbonyl (C=O) groups is 1. The molecule has 0 aromatic carbocycles. The molecule has 4 atom stereocenters. The molecule has 1 saturated carbocycles. The molecule has 1 aliphatic carbocycles. The fourth-order valence-corrected chi connectivity index (χ4v) is 5.44. The van der Waals surface area contributed by atoms with Gasteiger partial charge < -0.3 is 20.1 Å². The fourth-order valence-electron chi connectivity index (χ4n) is 5.44. The molecule has 4 rings (SSSR count). The van der Waals surface area contributed by atoms with Gasteiger partial charge in [0, 0.05) is 50.2 Å². The lowest BCUT2D eigenvalue weighted by Crippen LogP contribution is -2.82. The minimum absolute atomic E-state index is 0.137. The van der Waals surface area contributed by atoms with E-state index in [2.05, 4.69) is 18.7 Å². The van der Waals surface area contributed by atoms with E-state index in [0.717, 1.165) is 65.3 Å². The maximum atomic E-state index is 13.4. The highest BCUT2D eigenvalue weighted by Crippen LogP contribution is 2.58. The van der Waals surface area contributed by atoms with Gasteiger partial charge in [0.05, 0.1) is 19.3 Å². The zero-order valence-corrected chi connectivity index (χ0v) is 15.0. The van der Waals surface area contributed by atoms with E-state index in [-0.39, 0.29) is 23.3 Å². The van der Waals surface area contributed by atoms with Crippen molar-refractivity contribution in [1.29, 1.82) is 0 Å². The van der Waals surface area contributed by atoms with Gasteiger partial charge in [-0.2, -0.15) is 0 Å².